The number of hydrogen-bond donors (Lipinski definition) is 4. The molecule has 5 rings (SSSR count). The maximum Gasteiger partial charge on any atom is 0.417 e. The molecule has 1 saturated heterocycles. The smallest absolute Gasteiger partial charge is 0.375 e. The lowest BCUT2D eigenvalue weighted by Gasteiger charge is -2.41. The summed E-state index contributed by atoms with van der Waals surface area (Å²) in [4.78, 5) is 183. The predicted octanol–water partition coefficient (Wildman–Crippen LogP) is 7.21. The summed E-state index contributed by atoms with van der Waals surface area (Å²) in [5.41, 5.74) is -3.45. The Hall–Kier alpha value is -8.61. The number of carbonyl (C=O) groups excluding carboxylic acids is 12. The van der Waals surface area contributed by atoms with Gasteiger partial charge in [0.1, 0.15) is 47.8 Å². The number of benzene rings is 2. The molecule has 32 heteroatoms. The van der Waals surface area contributed by atoms with E-state index in [1.165, 1.54) is 88.1 Å². The second-order valence-corrected chi connectivity index (χ2v) is 29.9. The Balaban J connectivity index is 1.51. The molecule has 3 aliphatic rings. The highest BCUT2D eigenvalue weighted by Gasteiger charge is 2.51. The van der Waals surface area contributed by atoms with E-state index >= 15 is 24.0 Å². The van der Waals surface area contributed by atoms with Crippen LogP contribution in [0.3, 0.4) is 0 Å². The molecule has 3 fully saturated rings. The number of likely N-dealkylation sites (N-methyl/N-ethyl adjacent to an activating group) is 6. The van der Waals surface area contributed by atoms with E-state index in [1.807, 2.05) is 20.8 Å². The van der Waals surface area contributed by atoms with Crippen LogP contribution in [-0.4, -0.2) is 254 Å². The molecule has 1 heterocycles. The summed E-state index contributed by atoms with van der Waals surface area (Å²) >= 11 is 6.16. The van der Waals surface area contributed by atoms with Crippen LogP contribution in [0.25, 0.3) is 0 Å². The zero-order valence-corrected chi connectivity index (χ0v) is 65.6. The van der Waals surface area contributed by atoms with E-state index in [4.69, 9.17) is 16.3 Å². The maximum atomic E-state index is 15.5. The summed E-state index contributed by atoms with van der Waals surface area (Å²) in [5, 5.41) is 10.3. The second-order valence-electron chi connectivity index (χ2n) is 29.5. The van der Waals surface area contributed by atoms with Gasteiger partial charge in [0, 0.05) is 82.3 Å². The van der Waals surface area contributed by atoms with Gasteiger partial charge in [-0.05, 0) is 117 Å². The van der Waals surface area contributed by atoms with Crippen molar-refractivity contribution in [2.75, 3.05) is 95.8 Å². The van der Waals surface area contributed by atoms with Crippen molar-refractivity contribution >= 4 is 82.5 Å². The lowest BCUT2D eigenvalue weighted by molar-refractivity contribution is -0.155. The zero-order valence-electron chi connectivity index (χ0n) is 64.9. The number of nitrogens with zero attached hydrogens (tertiary/aromatic N) is 8. The summed E-state index contributed by atoms with van der Waals surface area (Å²) in [6, 6.07) is -2.78. The molecule has 109 heavy (non-hydrogen) atoms. The number of rotatable bonds is 39. The first kappa shape index (κ1) is 91.0. The van der Waals surface area contributed by atoms with Crippen molar-refractivity contribution in [2.45, 2.75) is 203 Å². The van der Waals surface area contributed by atoms with E-state index in [9.17, 15) is 59.9 Å². The molecule has 25 nitrogen and oxygen atoms in total. The minimum Gasteiger partial charge on any atom is -0.375 e. The third kappa shape index (κ3) is 24.9. The fraction of sp³-hybridized carbons (Fsp3) is 0.636. The van der Waals surface area contributed by atoms with Crippen LogP contribution >= 0.6 is 11.6 Å². The van der Waals surface area contributed by atoms with Gasteiger partial charge >= 0.3 is 12.4 Å². The van der Waals surface area contributed by atoms with Crippen molar-refractivity contribution in [1.29, 1.82) is 0 Å². The number of ether oxygens (including phenoxy) is 1. The lowest BCUT2D eigenvalue weighted by atomic mass is 9.90. The standard InChI is InChI=1S/C77H111ClF6N12O13/c1-15-18-39-96(71(105)60(47-109-41-16-2)92(12)64(100)46-91(11)72(106)65(49(6)17-3)87-61(97)36-27-48(4)5)59(43-51-28-32-53(33-29-51)76(79,80)81)70(104)90(10)45-63(99)86-56(35-31-50-30-34-54(55(78)42-50)77(82,83)84)68(102)95-40-23-26-57(95)67(101)88-75(37-21-22-38-75)74(108)94(14)66(52-24-19-20-25-52)73(107)93(13)58(44-62(98)85-7)69(103)89(8)9/h15-16,28-30,32-34,42,48-49,52,56-60,65-66H,1-2,17-27,31,35-41,43-47H2,3-14H3,(H,85,98)(H,86,99)(H,87,97)(H,88,101)/t49-,56-,57-,58-,59-,60+,65-,66-/m0/s1. The largest absolute Gasteiger partial charge is 0.417 e. The lowest BCUT2D eigenvalue weighted by Crippen LogP contribution is -2.65. The number of carbonyl (C=O) groups is 12. The molecule has 2 aromatic rings. The van der Waals surface area contributed by atoms with Gasteiger partial charge in [0.2, 0.25) is 70.9 Å². The summed E-state index contributed by atoms with van der Waals surface area (Å²) in [6.07, 6.45) is -2.86. The molecule has 0 spiro atoms. The van der Waals surface area contributed by atoms with Gasteiger partial charge in [-0.1, -0.05) is 102 Å². The molecule has 8 atom stereocenters. The quantitative estimate of drug-likeness (QED) is 0.0293. The van der Waals surface area contributed by atoms with Gasteiger partial charge in [0.25, 0.3) is 0 Å². The van der Waals surface area contributed by atoms with Gasteiger partial charge in [0.05, 0.1) is 48.9 Å². The van der Waals surface area contributed by atoms with Gasteiger partial charge in [-0.3, -0.25) is 57.5 Å². The maximum absolute atomic E-state index is 15.5. The van der Waals surface area contributed by atoms with Crippen molar-refractivity contribution in [3.63, 3.8) is 0 Å². The van der Waals surface area contributed by atoms with Crippen LogP contribution in [0.15, 0.2) is 67.8 Å². The van der Waals surface area contributed by atoms with Crippen LogP contribution in [0.2, 0.25) is 5.02 Å². The van der Waals surface area contributed by atoms with E-state index in [0.29, 0.717) is 38.5 Å². The molecule has 606 valence electrons. The fourth-order valence-electron chi connectivity index (χ4n) is 14.2. The van der Waals surface area contributed by atoms with E-state index in [-0.39, 0.29) is 112 Å². The highest BCUT2D eigenvalue weighted by atomic mass is 35.5. The fourth-order valence-corrected chi connectivity index (χ4v) is 14.5. The normalized spacial score (nSPS) is 17.0. The van der Waals surface area contributed by atoms with Gasteiger partial charge in [0.15, 0.2) is 0 Å². The van der Waals surface area contributed by atoms with Crippen molar-refractivity contribution in [3.8, 4) is 0 Å². The summed E-state index contributed by atoms with van der Waals surface area (Å²) < 4.78 is 89.7. The molecule has 0 unspecified atom stereocenters. The second kappa shape index (κ2) is 41.4. The van der Waals surface area contributed by atoms with Gasteiger partial charge < -0.3 is 65.2 Å². The molecule has 1 aliphatic heterocycles. The number of halogens is 7. The van der Waals surface area contributed by atoms with E-state index < -0.39 is 167 Å². The van der Waals surface area contributed by atoms with E-state index in [0.717, 1.165) is 74.9 Å². The minimum absolute atomic E-state index is 0.0103. The van der Waals surface area contributed by atoms with Crippen LogP contribution in [0.1, 0.15) is 153 Å². The summed E-state index contributed by atoms with van der Waals surface area (Å²) in [5.74, 6) is -8.94. The Morgan fingerprint density at radius 2 is 1.30 bits per heavy atom. The molecule has 2 aliphatic carbocycles. The number of alkyl halides is 6. The molecule has 2 saturated carbocycles. The van der Waals surface area contributed by atoms with Crippen LogP contribution < -0.4 is 21.3 Å². The monoisotopic (exact) mass is 1560 g/mol. The molecular formula is C77H111ClF6N12O13. The Morgan fingerprint density at radius 3 is 1.86 bits per heavy atom. The minimum atomic E-state index is -4.83. The highest BCUT2D eigenvalue weighted by molar-refractivity contribution is 6.31. The number of hydrogen-bond acceptors (Lipinski definition) is 13. The summed E-state index contributed by atoms with van der Waals surface area (Å²) in [7, 11) is 11.1. The number of aryl methyl sites for hydroxylation is 1. The number of nitrogens with one attached hydrogen (secondary N) is 4. The predicted molar refractivity (Wildman–Crippen MR) is 397 cm³/mol. The summed E-state index contributed by atoms with van der Waals surface area (Å²) in [6.45, 7) is 12.4. The molecule has 0 radical (unpaired) electrons. The Bertz CT molecular complexity index is 3530. The van der Waals surface area contributed by atoms with Gasteiger partial charge in [-0.15, -0.1) is 13.2 Å². The van der Waals surface area contributed by atoms with Crippen LogP contribution in [-0.2, 0) is 87.5 Å². The Morgan fingerprint density at radius 1 is 0.679 bits per heavy atom. The molecule has 4 N–H and O–H groups in total. The van der Waals surface area contributed by atoms with Crippen LogP contribution in [0.4, 0.5) is 26.3 Å². The van der Waals surface area contributed by atoms with Gasteiger partial charge in [-0.25, -0.2) is 0 Å². The average molecular weight is 1560 g/mol. The van der Waals surface area contributed by atoms with E-state index in [1.54, 1.807) is 6.92 Å². The SMILES string of the molecule is C=CCCN(C(=O)[C@@H](COCC=C)N(C)C(=O)CN(C)C(=O)[C@@H](NC(=O)CCC(C)C)[C@@H](C)CC)[C@@H](Cc1ccc(C(F)(F)F)cc1)C(=O)N(C)CC(=O)N[C@@H](CCc1ccc(C(F)(F)F)c(Cl)c1)C(=O)N1CCC[C@H]1C(=O)NC1(C(=O)N(C)[C@H](C(=O)N(C)[C@@H](CC(=O)NC)C(=O)N(C)C)C2CCCC2)CCCC1. The zero-order chi connectivity index (χ0) is 81.6. The number of amides is 12. The van der Waals surface area contributed by atoms with Crippen molar-refractivity contribution in [1.82, 2.24) is 60.5 Å². The van der Waals surface area contributed by atoms with E-state index in [2.05, 4.69) is 34.4 Å². The molecule has 0 aromatic heterocycles. The topological polar surface area (TPSA) is 288 Å². The Labute approximate surface area is 640 Å². The van der Waals surface area contributed by atoms with Crippen molar-refractivity contribution in [2.24, 2.45) is 17.8 Å². The van der Waals surface area contributed by atoms with Crippen LogP contribution in [0.5, 0.6) is 0 Å². The van der Waals surface area contributed by atoms with Crippen molar-refractivity contribution < 1.29 is 88.6 Å². The molecule has 12 amide bonds. The average Bonchev–Trinajstić information content (AvgIpc) is 1.70. The van der Waals surface area contributed by atoms with Gasteiger partial charge in [-0.2, -0.15) is 26.3 Å². The third-order valence-electron chi connectivity index (χ3n) is 20.9. The molecule has 0 bridgehead atoms. The first-order valence-corrected chi connectivity index (χ1v) is 37.6. The Kier molecular flexibility index (Phi) is 34.6. The first-order chi connectivity index (χ1) is 51.2. The van der Waals surface area contributed by atoms with Crippen LogP contribution in [0, 0.1) is 17.8 Å². The molecule has 2 aromatic carbocycles. The highest BCUT2D eigenvalue weighted by Crippen LogP contribution is 2.39. The number of likely N-dealkylation sites (tertiary alicyclic amines) is 1. The first-order valence-electron chi connectivity index (χ1n) is 37.2. The molecular weight excluding hydrogens is 1450 g/mol. The van der Waals surface area contributed by atoms with Crippen molar-refractivity contribution in [3.05, 3.63) is 95.1 Å². The third-order valence-corrected chi connectivity index (χ3v) is 21.2.